The van der Waals surface area contributed by atoms with E-state index in [0.717, 1.165) is 25.3 Å². The quantitative estimate of drug-likeness (QED) is 0.376. The van der Waals surface area contributed by atoms with Gasteiger partial charge in [0.1, 0.15) is 11.2 Å². The van der Waals surface area contributed by atoms with Crippen LogP contribution in [0.3, 0.4) is 0 Å². The summed E-state index contributed by atoms with van der Waals surface area (Å²) in [5, 5.41) is 2.67. The Morgan fingerprint density at radius 2 is 1.86 bits per heavy atom. The van der Waals surface area contributed by atoms with Gasteiger partial charge in [-0.2, -0.15) is 0 Å². The number of aromatic nitrogens is 1. The minimum atomic E-state index is -1.09. The minimum Gasteiger partial charge on any atom is -0.466 e. The molecule has 7 nitrogen and oxygen atoms in total. The molecule has 0 saturated heterocycles. The van der Waals surface area contributed by atoms with E-state index in [0.29, 0.717) is 16.8 Å². The van der Waals surface area contributed by atoms with Crippen molar-refractivity contribution >= 4 is 40.3 Å². The van der Waals surface area contributed by atoms with Crippen LogP contribution in [0.15, 0.2) is 46.5 Å². The Labute approximate surface area is 167 Å². The molecule has 1 N–H and O–H groups in total. The molecule has 0 aliphatic heterocycles. The molecule has 0 saturated carbocycles. The zero-order valence-electron chi connectivity index (χ0n) is 15.1. The number of anilines is 1. The molecular weight excluding hydrogens is 410 g/mol. The number of carbonyl (C=O) groups is 2. The van der Waals surface area contributed by atoms with E-state index in [1.165, 1.54) is 19.2 Å². The summed E-state index contributed by atoms with van der Waals surface area (Å²) in [5.41, 5.74) is 0.980. The Balaban J connectivity index is 1.97. The van der Waals surface area contributed by atoms with E-state index in [-0.39, 0.29) is 22.2 Å². The van der Waals surface area contributed by atoms with E-state index in [2.05, 4.69) is 19.8 Å². The molecule has 0 unspecified atom stereocenters. The lowest BCUT2D eigenvalue weighted by Crippen LogP contribution is -2.15. The number of methoxy groups -OCH3 is 2. The number of benzene rings is 2. The Morgan fingerprint density at radius 1 is 1.14 bits per heavy atom. The standard InChI is InChI=1S/C19H13ClF2N2O5/c1-27-17(25)8-15(19(26)28-2)23-9-3-4-16-14(5-9)24-18(29-16)10-6-12(21)13(22)7-11(10)20/h3-8,23H,1-2H3/b15-8+. The van der Waals surface area contributed by atoms with Crippen molar-refractivity contribution in [1.29, 1.82) is 0 Å². The highest BCUT2D eigenvalue weighted by Crippen LogP contribution is 2.32. The number of fused-ring (bicyclic) bond motifs is 1. The third-order valence-electron chi connectivity index (χ3n) is 3.78. The molecule has 0 aliphatic rings. The second-order valence-electron chi connectivity index (χ2n) is 5.65. The van der Waals surface area contributed by atoms with Crippen molar-refractivity contribution in [3.05, 3.63) is 58.8 Å². The number of carbonyl (C=O) groups excluding carboxylic acids is 2. The van der Waals surface area contributed by atoms with Crippen molar-refractivity contribution in [2.45, 2.75) is 0 Å². The smallest absolute Gasteiger partial charge is 0.354 e. The third kappa shape index (κ3) is 4.35. The monoisotopic (exact) mass is 422 g/mol. The number of halogens is 3. The first-order valence-corrected chi connectivity index (χ1v) is 8.40. The van der Waals surface area contributed by atoms with Crippen molar-refractivity contribution in [2.24, 2.45) is 0 Å². The van der Waals surface area contributed by atoms with E-state index in [1.807, 2.05) is 0 Å². The van der Waals surface area contributed by atoms with Gasteiger partial charge in [-0.25, -0.2) is 23.4 Å². The van der Waals surface area contributed by atoms with Gasteiger partial charge in [-0.15, -0.1) is 0 Å². The average Bonchev–Trinajstić information content (AvgIpc) is 3.12. The van der Waals surface area contributed by atoms with Gasteiger partial charge in [-0.1, -0.05) is 11.6 Å². The van der Waals surface area contributed by atoms with Crippen molar-refractivity contribution in [1.82, 2.24) is 4.98 Å². The normalized spacial score (nSPS) is 11.4. The number of rotatable bonds is 5. The summed E-state index contributed by atoms with van der Waals surface area (Å²) in [6, 6.07) is 6.32. The summed E-state index contributed by atoms with van der Waals surface area (Å²) >= 11 is 5.96. The predicted octanol–water partition coefficient (Wildman–Crippen LogP) is 4.07. The highest BCUT2D eigenvalue weighted by atomic mass is 35.5. The lowest BCUT2D eigenvalue weighted by atomic mass is 10.2. The fourth-order valence-corrected chi connectivity index (χ4v) is 2.63. The van der Waals surface area contributed by atoms with E-state index in [4.69, 9.17) is 16.0 Å². The maximum atomic E-state index is 13.5. The van der Waals surface area contributed by atoms with E-state index in [9.17, 15) is 18.4 Å². The SMILES string of the molecule is COC(=O)/C=C(/Nc1ccc2oc(-c3cc(F)c(F)cc3Cl)nc2c1)C(=O)OC. The molecule has 29 heavy (non-hydrogen) atoms. The zero-order valence-corrected chi connectivity index (χ0v) is 15.8. The molecule has 0 aliphatic carbocycles. The first kappa shape index (κ1) is 20.3. The molecule has 0 fully saturated rings. The summed E-state index contributed by atoms with van der Waals surface area (Å²) in [6.45, 7) is 0. The molecule has 3 rings (SSSR count). The fourth-order valence-electron chi connectivity index (χ4n) is 2.40. The summed E-state index contributed by atoms with van der Waals surface area (Å²) < 4.78 is 41.5. The van der Waals surface area contributed by atoms with Gasteiger partial charge in [0.25, 0.3) is 0 Å². The summed E-state index contributed by atoms with van der Waals surface area (Å²) in [4.78, 5) is 27.5. The van der Waals surface area contributed by atoms with Gasteiger partial charge >= 0.3 is 11.9 Å². The van der Waals surface area contributed by atoms with Crippen molar-refractivity contribution in [3.8, 4) is 11.5 Å². The lowest BCUT2D eigenvalue weighted by molar-refractivity contribution is -0.138. The predicted molar refractivity (Wildman–Crippen MR) is 100 cm³/mol. The molecule has 1 aromatic heterocycles. The van der Waals surface area contributed by atoms with Crippen molar-refractivity contribution < 1.29 is 32.3 Å². The van der Waals surface area contributed by atoms with Crippen molar-refractivity contribution in [2.75, 3.05) is 19.5 Å². The number of nitrogens with zero attached hydrogens (tertiary/aromatic N) is 1. The number of oxazole rings is 1. The topological polar surface area (TPSA) is 90.7 Å². The average molecular weight is 423 g/mol. The molecule has 3 aromatic rings. The van der Waals surface area contributed by atoms with E-state index >= 15 is 0 Å². The number of ether oxygens (including phenoxy) is 2. The minimum absolute atomic E-state index is 0.0145. The Morgan fingerprint density at radius 3 is 2.55 bits per heavy atom. The highest BCUT2D eigenvalue weighted by molar-refractivity contribution is 6.33. The van der Waals surface area contributed by atoms with Gasteiger partial charge in [0, 0.05) is 5.69 Å². The van der Waals surface area contributed by atoms with Gasteiger partial charge in [0.2, 0.25) is 5.89 Å². The lowest BCUT2D eigenvalue weighted by Gasteiger charge is -2.08. The van der Waals surface area contributed by atoms with Crippen molar-refractivity contribution in [3.63, 3.8) is 0 Å². The maximum Gasteiger partial charge on any atom is 0.354 e. The van der Waals surface area contributed by atoms with Gasteiger partial charge in [-0.05, 0) is 30.3 Å². The van der Waals surface area contributed by atoms with E-state index < -0.39 is 23.6 Å². The van der Waals surface area contributed by atoms with Gasteiger partial charge in [0.15, 0.2) is 17.2 Å². The first-order chi connectivity index (χ1) is 13.8. The number of esters is 2. The van der Waals surface area contributed by atoms with E-state index in [1.54, 1.807) is 6.07 Å². The number of hydrogen-bond donors (Lipinski definition) is 1. The molecule has 0 bridgehead atoms. The maximum absolute atomic E-state index is 13.5. The largest absolute Gasteiger partial charge is 0.466 e. The third-order valence-corrected chi connectivity index (χ3v) is 4.09. The Hall–Kier alpha value is -3.46. The van der Waals surface area contributed by atoms with Crippen LogP contribution < -0.4 is 5.32 Å². The molecular formula is C19H13ClF2N2O5. The zero-order chi connectivity index (χ0) is 21.1. The summed E-state index contributed by atoms with van der Waals surface area (Å²) in [7, 11) is 2.33. The Bertz CT molecular complexity index is 1140. The Kier molecular flexibility index (Phi) is 5.79. The molecule has 0 atom stereocenters. The molecule has 0 spiro atoms. The van der Waals surface area contributed by atoms with Crippen LogP contribution in [-0.4, -0.2) is 31.1 Å². The fraction of sp³-hybridized carbons (Fsp3) is 0.105. The van der Waals surface area contributed by atoms with Crippen LogP contribution in [0, 0.1) is 11.6 Å². The van der Waals surface area contributed by atoms with Crippen LogP contribution in [0.4, 0.5) is 14.5 Å². The summed E-state index contributed by atoms with van der Waals surface area (Å²) in [5.74, 6) is -3.74. The van der Waals surface area contributed by atoms with Gasteiger partial charge in [-0.3, -0.25) is 0 Å². The van der Waals surface area contributed by atoms with Gasteiger partial charge < -0.3 is 19.2 Å². The van der Waals surface area contributed by atoms with Crippen LogP contribution in [-0.2, 0) is 19.1 Å². The molecule has 0 radical (unpaired) electrons. The van der Waals surface area contributed by atoms with Gasteiger partial charge in [0.05, 0.1) is 30.9 Å². The highest BCUT2D eigenvalue weighted by Gasteiger charge is 2.17. The number of nitrogens with one attached hydrogen (secondary N) is 1. The molecule has 1 heterocycles. The van der Waals surface area contributed by atoms with Crippen LogP contribution >= 0.6 is 11.6 Å². The molecule has 150 valence electrons. The van der Waals surface area contributed by atoms with Crippen LogP contribution in [0.1, 0.15) is 0 Å². The second kappa shape index (κ2) is 8.27. The molecule has 10 heteroatoms. The molecule has 2 aromatic carbocycles. The molecule has 0 amide bonds. The number of hydrogen-bond acceptors (Lipinski definition) is 7. The first-order valence-electron chi connectivity index (χ1n) is 8.03. The van der Waals surface area contributed by atoms with Crippen LogP contribution in [0.25, 0.3) is 22.6 Å². The van der Waals surface area contributed by atoms with Crippen LogP contribution in [0.2, 0.25) is 5.02 Å². The summed E-state index contributed by atoms with van der Waals surface area (Å²) in [6.07, 6.45) is 0.936. The second-order valence-corrected chi connectivity index (χ2v) is 6.05. The van der Waals surface area contributed by atoms with Crippen LogP contribution in [0.5, 0.6) is 0 Å².